The van der Waals surface area contributed by atoms with Crippen molar-refractivity contribution in [3.63, 3.8) is 0 Å². The second kappa shape index (κ2) is 6.41. The molecule has 0 atom stereocenters. The zero-order valence-electron chi connectivity index (χ0n) is 11.8. The normalized spacial score (nSPS) is 16.6. The van der Waals surface area contributed by atoms with E-state index in [4.69, 9.17) is 0 Å². The predicted octanol–water partition coefficient (Wildman–Crippen LogP) is 0.684. The minimum atomic E-state index is -3.88. The molecule has 8 nitrogen and oxygen atoms in total. The minimum Gasteiger partial charge on any atom is -0.468 e. The zero-order chi connectivity index (χ0) is 15.6. The molecule has 1 aliphatic rings. The third-order valence-electron chi connectivity index (χ3n) is 3.53. The molecule has 0 unspecified atom stereocenters. The first kappa shape index (κ1) is 16.4. The Morgan fingerprint density at radius 1 is 1.48 bits per heavy atom. The quantitative estimate of drug-likeness (QED) is 0.697. The van der Waals surface area contributed by atoms with Gasteiger partial charge in [-0.3, -0.25) is 4.79 Å². The molecule has 0 aromatic carbocycles. The average Bonchev–Trinajstić information content (AvgIpc) is 3.05. The van der Waals surface area contributed by atoms with Gasteiger partial charge in [-0.05, 0) is 28.8 Å². The van der Waals surface area contributed by atoms with E-state index in [1.807, 2.05) is 0 Å². The lowest BCUT2D eigenvalue weighted by Gasteiger charge is -2.26. The van der Waals surface area contributed by atoms with E-state index < -0.39 is 16.0 Å². The van der Waals surface area contributed by atoms with Gasteiger partial charge in [0.2, 0.25) is 5.03 Å². The third kappa shape index (κ3) is 3.27. The van der Waals surface area contributed by atoms with Crippen molar-refractivity contribution < 1.29 is 17.9 Å². The van der Waals surface area contributed by atoms with Gasteiger partial charge in [0.05, 0.1) is 7.11 Å². The van der Waals surface area contributed by atoms with Gasteiger partial charge >= 0.3 is 5.97 Å². The number of methoxy groups -OCH3 is 1. The van der Waals surface area contributed by atoms with Crippen molar-refractivity contribution in [2.24, 2.45) is 7.05 Å². The lowest BCUT2D eigenvalue weighted by molar-refractivity contribution is -0.141. The van der Waals surface area contributed by atoms with Crippen LogP contribution < -0.4 is 0 Å². The Hall–Kier alpha value is -1.00. The summed E-state index contributed by atoms with van der Waals surface area (Å²) in [5, 5.41) is 7.33. The van der Waals surface area contributed by atoms with Crippen molar-refractivity contribution in [1.29, 1.82) is 0 Å². The van der Waals surface area contributed by atoms with Gasteiger partial charge in [-0.15, -0.1) is 5.10 Å². The van der Waals surface area contributed by atoms with E-state index in [0.717, 1.165) is 25.7 Å². The molecule has 1 aromatic rings. The number of aromatic nitrogens is 3. The molecule has 1 aliphatic carbocycles. The van der Waals surface area contributed by atoms with Crippen LogP contribution in [-0.4, -0.2) is 53.4 Å². The molecule has 0 aliphatic heterocycles. The largest absolute Gasteiger partial charge is 0.468 e. The molecule has 0 amide bonds. The summed E-state index contributed by atoms with van der Waals surface area (Å²) >= 11 is 3.10. The van der Waals surface area contributed by atoms with Gasteiger partial charge in [0, 0.05) is 13.1 Å². The summed E-state index contributed by atoms with van der Waals surface area (Å²) in [5.41, 5.74) is 0. The molecule has 21 heavy (non-hydrogen) atoms. The van der Waals surface area contributed by atoms with Crippen LogP contribution in [0.1, 0.15) is 25.7 Å². The van der Waals surface area contributed by atoms with Crippen molar-refractivity contribution in [3.05, 3.63) is 4.60 Å². The number of hydrogen-bond donors (Lipinski definition) is 0. The minimum absolute atomic E-state index is 0.0571. The number of hydrogen-bond acceptors (Lipinski definition) is 6. The van der Waals surface area contributed by atoms with Gasteiger partial charge in [0.25, 0.3) is 10.0 Å². The average molecular weight is 381 g/mol. The summed E-state index contributed by atoms with van der Waals surface area (Å²) in [5.74, 6) is -0.586. The van der Waals surface area contributed by atoms with Crippen LogP contribution in [0.5, 0.6) is 0 Å². The number of nitrogens with zero attached hydrogens (tertiary/aromatic N) is 4. The van der Waals surface area contributed by atoms with E-state index >= 15 is 0 Å². The number of rotatable bonds is 5. The molecule has 0 N–H and O–H groups in total. The number of esters is 1. The first-order chi connectivity index (χ1) is 9.87. The Balaban J connectivity index is 2.41. The standard InChI is InChI=1S/C11H17BrN4O4S/c1-15-11(10(12)13-14-15)21(18,19)16(7-9(17)20-2)8-5-3-4-6-8/h8H,3-7H2,1-2H3. The Kier molecular flexibility index (Phi) is 4.99. The van der Waals surface area contributed by atoms with Gasteiger partial charge in [0.15, 0.2) is 4.60 Å². The summed E-state index contributed by atoms with van der Waals surface area (Å²) in [6.45, 7) is -0.304. The third-order valence-corrected chi connectivity index (χ3v) is 6.32. The molecular weight excluding hydrogens is 364 g/mol. The highest BCUT2D eigenvalue weighted by molar-refractivity contribution is 9.10. The van der Waals surface area contributed by atoms with Crippen LogP contribution in [0.25, 0.3) is 0 Å². The van der Waals surface area contributed by atoms with Gasteiger partial charge in [-0.1, -0.05) is 18.1 Å². The predicted molar refractivity (Wildman–Crippen MR) is 76.9 cm³/mol. The first-order valence-electron chi connectivity index (χ1n) is 6.51. The molecule has 1 heterocycles. The molecule has 0 spiro atoms. The molecule has 0 bridgehead atoms. The topological polar surface area (TPSA) is 94.4 Å². The monoisotopic (exact) mass is 380 g/mol. The van der Waals surface area contributed by atoms with Gasteiger partial charge in [-0.2, -0.15) is 4.31 Å². The van der Waals surface area contributed by atoms with Crippen LogP contribution in [0, 0.1) is 0 Å². The van der Waals surface area contributed by atoms with Crippen LogP contribution in [0.4, 0.5) is 0 Å². The SMILES string of the molecule is COC(=O)CN(C1CCCC1)S(=O)(=O)c1c(Br)nnn1C. The van der Waals surface area contributed by atoms with Crippen molar-refractivity contribution in [1.82, 2.24) is 19.3 Å². The molecule has 0 radical (unpaired) electrons. The maximum absolute atomic E-state index is 12.9. The Morgan fingerprint density at radius 3 is 2.57 bits per heavy atom. The Labute approximate surface area is 131 Å². The highest BCUT2D eigenvalue weighted by atomic mass is 79.9. The summed E-state index contributed by atoms with van der Waals surface area (Å²) in [6.07, 6.45) is 3.36. The van der Waals surface area contributed by atoms with Crippen molar-refractivity contribution in [2.75, 3.05) is 13.7 Å². The van der Waals surface area contributed by atoms with Crippen LogP contribution >= 0.6 is 15.9 Å². The van der Waals surface area contributed by atoms with Gasteiger partial charge in [0.1, 0.15) is 6.54 Å². The highest BCUT2D eigenvalue weighted by Gasteiger charge is 2.38. The summed E-state index contributed by atoms with van der Waals surface area (Å²) in [6, 6.07) is -0.198. The maximum atomic E-state index is 12.9. The number of carbonyl (C=O) groups excluding carboxylic acids is 1. The van der Waals surface area contributed by atoms with Crippen LogP contribution in [-0.2, 0) is 26.6 Å². The molecule has 0 saturated heterocycles. The van der Waals surface area contributed by atoms with Crippen LogP contribution in [0.3, 0.4) is 0 Å². The zero-order valence-corrected chi connectivity index (χ0v) is 14.2. The lowest BCUT2D eigenvalue weighted by Crippen LogP contribution is -2.43. The molecule has 1 aromatic heterocycles. The van der Waals surface area contributed by atoms with E-state index in [1.165, 1.54) is 23.1 Å². The van der Waals surface area contributed by atoms with E-state index in [1.54, 1.807) is 0 Å². The highest BCUT2D eigenvalue weighted by Crippen LogP contribution is 2.30. The van der Waals surface area contributed by atoms with Crippen LogP contribution in [0.2, 0.25) is 0 Å². The number of aryl methyl sites for hydroxylation is 1. The fourth-order valence-corrected chi connectivity index (χ4v) is 5.17. The molecule has 1 fully saturated rings. The molecule has 118 valence electrons. The Morgan fingerprint density at radius 2 is 2.10 bits per heavy atom. The fourth-order valence-electron chi connectivity index (χ4n) is 2.50. The number of carbonyl (C=O) groups is 1. The van der Waals surface area contributed by atoms with Gasteiger partial charge in [-0.25, -0.2) is 13.1 Å². The second-order valence-electron chi connectivity index (χ2n) is 4.87. The van der Waals surface area contributed by atoms with E-state index in [2.05, 4.69) is 31.0 Å². The maximum Gasteiger partial charge on any atom is 0.321 e. The van der Waals surface area contributed by atoms with Crippen LogP contribution in [0.15, 0.2) is 9.63 Å². The summed E-state index contributed by atoms with van der Waals surface area (Å²) in [4.78, 5) is 11.6. The van der Waals surface area contributed by atoms with Crippen molar-refractivity contribution >= 4 is 31.9 Å². The lowest BCUT2D eigenvalue weighted by atomic mass is 10.2. The van der Waals surface area contributed by atoms with Gasteiger partial charge < -0.3 is 4.74 Å². The van der Waals surface area contributed by atoms with E-state index in [0.29, 0.717) is 0 Å². The summed E-state index contributed by atoms with van der Waals surface area (Å²) < 4.78 is 32.9. The fraction of sp³-hybridized carbons (Fsp3) is 0.727. The first-order valence-corrected chi connectivity index (χ1v) is 8.75. The van der Waals surface area contributed by atoms with E-state index in [-0.39, 0.29) is 22.2 Å². The second-order valence-corrected chi connectivity index (χ2v) is 7.43. The van der Waals surface area contributed by atoms with Crippen molar-refractivity contribution in [2.45, 2.75) is 36.8 Å². The van der Waals surface area contributed by atoms with Crippen molar-refractivity contribution in [3.8, 4) is 0 Å². The van der Waals surface area contributed by atoms with E-state index in [9.17, 15) is 13.2 Å². The number of ether oxygens (including phenoxy) is 1. The molecule has 10 heteroatoms. The molecule has 2 rings (SSSR count). The molecular formula is C11H17BrN4O4S. The smallest absolute Gasteiger partial charge is 0.321 e. The summed E-state index contributed by atoms with van der Waals surface area (Å²) in [7, 11) is -1.15. The number of halogens is 1. The number of sulfonamides is 1. The Bertz CT molecular complexity index is 605. The molecule has 1 saturated carbocycles.